The predicted molar refractivity (Wildman–Crippen MR) is 87.9 cm³/mol. The van der Waals surface area contributed by atoms with Gasteiger partial charge in [-0.25, -0.2) is 0 Å². The van der Waals surface area contributed by atoms with Gasteiger partial charge in [-0.2, -0.15) is 0 Å². The molecule has 116 valence electrons. The molecule has 0 spiro atoms. The van der Waals surface area contributed by atoms with Gasteiger partial charge >= 0.3 is 0 Å². The fourth-order valence-corrected chi connectivity index (χ4v) is 2.83. The van der Waals surface area contributed by atoms with Crippen molar-refractivity contribution in [2.45, 2.75) is 19.4 Å². The molecule has 0 unspecified atom stereocenters. The van der Waals surface area contributed by atoms with E-state index in [0.29, 0.717) is 13.2 Å². The summed E-state index contributed by atoms with van der Waals surface area (Å²) in [5, 5.41) is 0. The third-order valence-electron chi connectivity index (χ3n) is 4.08. The van der Waals surface area contributed by atoms with E-state index in [1.165, 1.54) is 16.8 Å². The first-order chi connectivity index (χ1) is 10.8. The van der Waals surface area contributed by atoms with E-state index < -0.39 is 0 Å². The van der Waals surface area contributed by atoms with Gasteiger partial charge in [0.15, 0.2) is 0 Å². The van der Waals surface area contributed by atoms with Gasteiger partial charge in [-0.15, -0.1) is 0 Å². The molecule has 1 aromatic carbocycles. The molecule has 0 aliphatic carbocycles. The second kappa shape index (κ2) is 7.38. The molecule has 0 saturated carbocycles. The number of fused-ring (bicyclic) bond motifs is 1. The number of benzene rings is 1. The Morgan fingerprint density at radius 1 is 1.18 bits per heavy atom. The Morgan fingerprint density at radius 3 is 2.86 bits per heavy atom. The van der Waals surface area contributed by atoms with Crippen LogP contribution in [0.2, 0.25) is 0 Å². The van der Waals surface area contributed by atoms with E-state index in [2.05, 4.69) is 28.1 Å². The molecule has 1 aliphatic heterocycles. The quantitative estimate of drug-likeness (QED) is 0.886. The van der Waals surface area contributed by atoms with Gasteiger partial charge in [0, 0.05) is 37.9 Å². The van der Waals surface area contributed by atoms with Crippen molar-refractivity contribution in [2.24, 2.45) is 5.73 Å². The summed E-state index contributed by atoms with van der Waals surface area (Å²) in [4.78, 5) is 6.86. The molecule has 4 heteroatoms. The average Bonchev–Trinajstić information content (AvgIpc) is 2.57. The van der Waals surface area contributed by atoms with Crippen LogP contribution in [0.25, 0.3) is 0 Å². The molecular formula is C18H23N3O. The number of hydrogen-bond acceptors (Lipinski definition) is 4. The lowest BCUT2D eigenvalue weighted by Crippen LogP contribution is -2.34. The lowest BCUT2D eigenvalue weighted by atomic mass is 10.1. The highest BCUT2D eigenvalue weighted by Gasteiger charge is 2.16. The molecule has 2 heterocycles. The van der Waals surface area contributed by atoms with Crippen LogP contribution in [0, 0.1) is 0 Å². The minimum Gasteiger partial charge on any atom is -0.492 e. The highest BCUT2D eigenvalue weighted by atomic mass is 16.5. The van der Waals surface area contributed by atoms with Crippen molar-refractivity contribution >= 4 is 0 Å². The summed E-state index contributed by atoms with van der Waals surface area (Å²) < 4.78 is 5.84. The monoisotopic (exact) mass is 297 g/mol. The Hall–Kier alpha value is -1.91. The van der Waals surface area contributed by atoms with Crippen molar-refractivity contribution in [3.8, 4) is 5.75 Å². The van der Waals surface area contributed by atoms with Crippen molar-refractivity contribution in [2.75, 3.05) is 26.2 Å². The molecule has 3 rings (SSSR count). The summed E-state index contributed by atoms with van der Waals surface area (Å²) in [6, 6.07) is 12.4. The van der Waals surface area contributed by atoms with E-state index in [0.717, 1.165) is 38.2 Å². The third kappa shape index (κ3) is 3.84. The molecule has 1 aromatic heterocycles. The number of nitrogens with two attached hydrogens (primary N) is 1. The van der Waals surface area contributed by atoms with Crippen molar-refractivity contribution in [3.05, 3.63) is 59.4 Å². The summed E-state index contributed by atoms with van der Waals surface area (Å²) in [7, 11) is 0. The SMILES string of the molecule is NCCc1ccc(OCCN2CCc3ncccc3C2)cc1. The molecule has 0 saturated heterocycles. The Bertz CT molecular complexity index is 598. The van der Waals surface area contributed by atoms with Gasteiger partial charge in [0.2, 0.25) is 0 Å². The summed E-state index contributed by atoms with van der Waals surface area (Å²) in [6.07, 6.45) is 3.83. The van der Waals surface area contributed by atoms with Gasteiger partial charge in [0.05, 0.1) is 0 Å². The maximum Gasteiger partial charge on any atom is 0.119 e. The molecule has 0 bridgehead atoms. The van der Waals surface area contributed by atoms with Gasteiger partial charge in [-0.1, -0.05) is 18.2 Å². The van der Waals surface area contributed by atoms with Crippen LogP contribution in [0.4, 0.5) is 0 Å². The summed E-state index contributed by atoms with van der Waals surface area (Å²) in [5.74, 6) is 0.930. The molecule has 0 radical (unpaired) electrons. The van der Waals surface area contributed by atoms with E-state index in [1.807, 2.05) is 24.4 Å². The first kappa shape index (κ1) is 15.0. The predicted octanol–water partition coefficient (Wildman–Crippen LogP) is 2.02. The van der Waals surface area contributed by atoms with Gasteiger partial charge in [-0.3, -0.25) is 9.88 Å². The Balaban J connectivity index is 1.46. The highest BCUT2D eigenvalue weighted by Crippen LogP contribution is 2.16. The number of pyridine rings is 1. The molecule has 22 heavy (non-hydrogen) atoms. The summed E-state index contributed by atoms with van der Waals surface area (Å²) >= 11 is 0. The van der Waals surface area contributed by atoms with Gasteiger partial charge in [0.1, 0.15) is 12.4 Å². The number of nitrogens with zero attached hydrogens (tertiary/aromatic N) is 2. The number of rotatable bonds is 6. The second-order valence-electron chi connectivity index (χ2n) is 5.67. The van der Waals surface area contributed by atoms with Crippen LogP contribution in [0.1, 0.15) is 16.8 Å². The maximum absolute atomic E-state index is 5.84. The van der Waals surface area contributed by atoms with Gasteiger partial charge in [0.25, 0.3) is 0 Å². The van der Waals surface area contributed by atoms with Crippen LogP contribution in [-0.4, -0.2) is 36.1 Å². The molecule has 0 amide bonds. The van der Waals surface area contributed by atoms with E-state index >= 15 is 0 Å². The second-order valence-corrected chi connectivity index (χ2v) is 5.67. The third-order valence-corrected chi connectivity index (χ3v) is 4.08. The Morgan fingerprint density at radius 2 is 2.05 bits per heavy atom. The van der Waals surface area contributed by atoms with Crippen LogP contribution >= 0.6 is 0 Å². The first-order valence-electron chi connectivity index (χ1n) is 7.92. The van der Waals surface area contributed by atoms with E-state index in [4.69, 9.17) is 10.5 Å². The Labute approximate surface area is 131 Å². The molecule has 4 nitrogen and oxygen atoms in total. The molecule has 2 aromatic rings. The zero-order chi connectivity index (χ0) is 15.2. The maximum atomic E-state index is 5.84. The zero-order valence-corrected chi connectivity index (χ0v) is 12.9. The normalized spacial score (nSPS) is 14.6. The smallest absolute Gasteiger partial charge is 0.119 e. The fraction of sp³-hybridized carbons (Fsp3) is 0.389. The van der Waals surface area contributed by atoms with Gasteiger partial charge in [-0.05, 0) is 42.3 Å². The van der Waals surface area contributed by atoms with Crippen molar-refractivity contribution in [1.29, 1.82) is 0 Å². The van der Waals surface area contributed by atoms with Crippen LogP contribution < -0.4 is 10.5 Å². The molecular weight excluding hydrogens is 274 g/mol. The number of ether oxygens (including phenoxy) is 1. The molecule has 0 atom stereocenters. The van der Waals surface area contributed by atoms with Gasteiger partial charge < -0.3 is 10.5 Å². The van der Waals surface area contributed by atoms with Crippen molar-refractivity contribution in [1.82, 2.24) is 9.88 Å². The largest absolute Gasteiger partial charge is 0.492 e. The minimum atomic E-state index is 0.686. The molecule has 2 N–H and O–H groups in total. The van der Waals surface area contributed by atoms with E-state index in [-0.39, 0.29) is 0 Å². The van der Waals surface area contributed by atoms with Crippen LogP contribution in [-0.2, 0) is 19.4 Å². The Kier molecular flexibility index (Phi) is 5.03. The van der Waals surface area contributed by atoms with Crippen LogP contribution in [0.5, 0.6) is 5.75 Å². The first-order valence-corrected chi connectivity index (χ1v) is 7.92. The number of hydrogen-bond donors (Lipinski definition) is 1. The standard InChI is InChI=1S/C18H23N3O/c19-9-7-15-3-5-17(6-4-15)22-13-12-21-11-8-18-16(14-21)2-1-10-20-18/h1-6,10H,7-9,11-14,19H2. The minimum absolute atomic E-state index is 0.686. The average molecular weight is 297 g/mol. The topological polar surface area (TPSA) is 51.4 Å². The van der Waals surface area contributed by atoms with Crippen molar-refractivity contribution in [3.63, 3.8) is 0 Å². The van der Waals surface area contributed by atoms with E-state index in [9.17, 15) is 0 Å². The summed E-state index contributed by atoms with van der Waals surface area (Å²) in [6.45, 7) is 4.38. The van der Waals surface area contributed by atoms with Crippen LogP contribution in [0.3, 0.4) is 0 Å². The number of aromatic nitrogens is 1. The lowest BCUT2D eigenvalue weighted by molar-refractivity contribution is 0.195. The highest BCUT2D eigenvalue weighted by molar-refractivity contribution is 5.27. The zero-order valence-electron chi connectivity index (χ0n) is 12.9. The van der Waals surface area contributed by atoms with Crippen LogP contribution in [0.15, 0.2) is 42.6 Å². The molecule has 1 aliphatic rings. The fourth-order valence-electron chi connectivity index (χ4n) is 2.83. The van der Waals surface area contributed by atoms with Crippen molar-refractivity contribution < 1.29 is 4.74 Å². The van der Waals surface area contributed by atoms with E-state index in [1.54, 1.807) is 0 Å². The lowest BCUT2D eigenvalue weighted by Gasteiger charge is -2.27. The summed E-state index contributed by atoms with van der Waals surface area (Å²) in [5.41, 5.74) is 9.41. The molecule has 0 fully saturated rings.